The van der Waals surface area contributed by atoms with E-state index in [-0.39, 0.29) is 18.0 Å². The Morgan fingerprint density at radius 1 is 1.04 bits per heavy atom. The molecule has 0 aliphatic carbocycles. The molecule has 0 saturated carbocycles. The van der Waals surface area contributed by atoms with Gasteiger partial charge in [0.15, 0.2) is 0 Å². The molecule has 138 valence electrons. The maximum Gasteiger partial charge on any atom is 0.129 e. The summed E-state index contributed by atoms with van der Waals surface area (Å²) in [5.41, 5.74) is 2.19. The molecule has 0 atom stereocenters. The Labute approximate surface area is 161 Å². The van der Waals surface area contributed by atoms with Crippen LogP contribution >= 0.6 is 0 Å². The summed E-state index contributed by atoms with van der Waals surface area (Å²) in [7, 11) is 0. The van der Waals surface area contributed by atoms with Gasteiger partial charge in [-0.25, -0.2) is 4.39 Å². The van der Waals surface area contributed by atoms with Crippen molar-refractivity contribution in [3.63, 3.8) is 0 Å². The summed E-state index contributed by atoms with van der Waals surface area (Å²) in [4.78, 5) is 10.8. The number of benzene rings is 3. The van der Waals surface area contributed by atoms with Gasteiger partial charge < -0.3 is 14.6 Å². The number of ether oxygens (including phenoxy) is 1. The molecule has 0 saturated heterocycles. The van der Waals surface area contributed by atoms with Crippen LogP contribution in [0.25, 0.3) is 11.6 Å². The standard InChI is InChI=1S/C23H16FNO3/c24-22-7-2-1-5-19(22)15-28-21-6-3-4-16(13-21)12-20(14-25)17-8-10-18(11-9-17)23(26)27/h1-13H,15H2,(H,26,27)/p-1/b20-12-. The molecule has 4 nitrogen and oxygen atoms in total. The zero-order chi connectivity index (χ0) is 19.9. The summed E-state index contributed by atoms with van der Waals surface area (Å²) in [6, 6.07) is 21.5. The third-order valence-electron chi connectivity index (χ3n) is 4.07. The second-order valence-corrected chi connectivity index (χ2v) is 5.99. The van der Waals surface area contributed by atoms with E-state index in [9.17, 15) is 19.6 Å². The topological polar surface area (TPSA) is 73.1 Å². The molecule has 0 heterocycles. The molecule has 0 fully saturated rings. The highest BCUT2D eigenvalue weighted by Crippen LogP contribution is 2.22. The maximum atomic E-state index is 13.7. The molecular formula is C23H15FNO3-. The fourth-order valence-electron chi connectivity index (χ4n) is 2.60. The largest absolute Gasteiger partial charge is 0.545 e. The van der Waals surface area contributed by atoms with Gasteiger partial charge >= 0.3 is 0 Å². The predicted octanol–water partition coefficient (Wildman–Crippen LogP) is 3.83. The van der Waals surface area contributed by atoms with Crippen molar-refractivity contribution in [2.24, 2.45) is 0 Å². The first-order valence-electron chi connectivity index (χ1n) is 8.46. The van der Waals surface area contributed by atoms with E-state index >= 15 is 0 Å². The number of nitriles is 1. The Hall–Kier alpha value is -3.91. The first-order valence-corrected chi connectivity index (χ1v) is 8.46. The maximum absolute atomic E-state index is 13.7. The van der Waals surface area contributed by atoms with Crippen LogP contribution in [0.4, 0.5) is 4.39 Å². The first kappa shape index (κ1) is 18.9. The Bertz CT molecular complexity index is 1070. The van der Waals surface area contributed by atoms with Gasteiger partial charge in [-0.2, -0.15) is 5.26 Å². The number of hydrogen-bond acceptors (Lipinski definition) is 4. The highest BCUT2D eigenvalue weighted by molar-refractivity contribution is 5.91. The van der Waals surface area contributed by atoms with E-state index in [0.717, 1.165) is 5.56 Å². The average molecular weight is 372 g/mol. The van der Waals surface area contributed by atoms with Gasteiger partial charge in [0.05, 0.1) is 17.6 Å². The molecular weight excluding hydrogens is 357 g/mol. The number of carbonyl (C=O) groups excluding carboxylic acids is 1. The van der Waals surface area contributed by atoms with Crippen molar-refractivity contribution < 1.29 is 19.0 Å². The van der Waals surface area contributed by atoms with E-state index < -0.39 is 5.97 Å². The van der Waals surface area contributed by atoms with Crippen molar-refractivity contribution in [3.8, 4) is 11.8 Å². The van der Waals surface area contributed by atoms with Crippen LogP contribution in [0, 0.1) is 17.1 Å². The fourth-order valence-corrected chi connectivity index (χ4v) is 2.60. The monoisotopic (exact) mass is 372 g/mol. The number of hydrogen-bond donors (Lipinski definition) is 0. The summed E-state index contributed by atoms with van der Waals surface area (Å²) in [5.74, 6) is -1.05. The molecule has 3 aromatic carbocycles. The van der Waals surface area contributed by atoms with Crippen LogP contribution < -0.4 is 9.84 Å². The molecule has 0 aliphatic rings. The van der Waals surface area contributed by atoms with Gasteiger partial charge in [0.1, 0.15) is 18.2 Å². The highest BCUT2D eigenvalue weighted by Gasteiger charge is 2.05. The van der Waals surface area contributed by atoms with Gasteiger partial charge in [-0.3, -0.25) is 0 Å². The molecule has 28 heavy (non-hydrogen) atoms. The zero-order valence-corrected chi connectivity index (χ0v) is 14.8. The van der Waals surface area contributed by atoms with Crippen LogP contribution in [-0.4, -0.2) is 5.97 Å². The van der Waals surface area contributed by atoms with Crippen LogP contribution in [0.2, 0.25) is 0 Å². The normalized spacial score (nSPS) is 10.9. The van der Waals surface area contributed by atoms with Gasteiger partial charge in [0.2, 0.25) is 0 Å². The number of carboxylic acid groups (broad SMARTS) is 1. The van der Waals surface area contributed by atoms with Crippen molar-refractivity contribution in [2.75, 3.05) is 0 Å². The molecule has 0 amide bonds. The van der Waals surface area contributed by atoms with Gasteiger partial charge in [-0.15, -0.1) is 0 Å². The number of carbonyl (C=O) groups is 1. The second-order valence-electron chi connectivity index (χ2n) is 5.99. The van der Waals surface area contributed by atoms with E-state index in [4.69, 9.17) is 4.74 Å². The van der Waals surface area contributed by atoms with Gasteiger partial charge in [-0.1, -0.05) is 54.6 Å². The van der Waals surface area contributed by atoms with Crippen molar-refractivity contribution >= 4 is 17.6 Å². The van der Waals surface area contributed by atoms with Gasteiger partial charge in [0, 0.05) is 5.56 Å². The van der Waals surface area contributed by atoms with E-state index in [1.807, 2.05) is 6.07 Å². The lowest BCUT2D eigenvalue weighted by molar-refractivity contribution is -0.255. The van der Waals surface area contributed by atoms with Crippen LogP contribution in [0.3, 0.4) is 0 Å². The number of halogens is 1. The lowest BCUT2D eigenvalue weighted by Crippen LogP contribution is -2.21. The lowest BCUT2D eigenvalue weighted by atomic mass is 10.0. The van der Waals surface area contributed by atoms with E-state index in [2.05, 4.69) is 6.07 Å². The highest BCUT2D eigenvalue weighted by atomic mass is 19.1. The number of aromatic carboxylic acids is 1. The molecule has 0 aromatic heterocycles. The van der Waals surface area contributed by atoms with Crippen molar-refractivity contribution in [1.82, 2.24) is 0 Å². The summed E-state index contributed by atoms with van der Waals surface area (Å²) in [6.07, 6.45) is 1.67. The van der Waals surface area contributed by atoms with E-state index in [0.29, 0.717) is 22.4 Å². The van der Waals surface area contributed by atoms with E-state index in [1.54, 1.807) is 54.6 Å². The minimum atomic E-state index is -1.27. The summed E-state index contributed by atoms with van der Waals surface area (Å²) >= 11 is 0. The number of carboxylic acids is 1. The average Bonchev–Trinajstić information content (AvgIpc) is 2.72. The smallest absolute Gasteiger partial charge is 0.129 e. The van der Waals surface area contributed by atoms with Crippen LogP contribution in [0.1, 0.15) is 27.0 Å². The summed E-state index contributed by atoms with van der Waals surface area (Å²) < 4.78 is 19.3. The Kier molecular flexibility index (Phi) is 5.83. The van der Waals surface area contributed by atoms with Crippen LogP contribution in [0.5, 0.6) is 5.75 Å². The number of nitrogens with zero attached hydrogens (tertiary/aromatic N) is 1. The molecule has 3 rings (SSSR count). The molecule has 0 aliphatic heterocycles. The van der Waals surface area contributed by atoms with Gasteiger partial charge in [0.25, 0.3) is 0 Å². The molecule has 5 heteroatoms. The molecule has 0 radical (unpaired) electrons. The lowest BCUT2D eigenvalue weighted by Gasteiger charge is -2.08. The second kappa shape index (κ2) is 8.65. The minimum absolute atomic E-state index is 0.0459. The third-order valence-corrected chi connectivity index (χ3v) is 4.07. The SMILES string of the molecule is N#C/C(=C/c1cccc(OCc2ccccc2F)c1)c1ccc(C(=O)[O-])cc1. The Balaban J connectivity index is 1.79. The Morgan fingerprint density at radius 2 is 1.75 bits per heavy atom. The number of rotatable bonds is 6. The van der Waals surface area contributed by atoms with Crippen molar-refractivity contribution in [1.29, 1.82) is 5.26 Å². The molecule has 0 spiro atoms. The van der Waals surface area contributed by atoms with Gasteiger partial charge in [-0.05, 0) is 41.0 Å². The third kappa shape index (κ3) is 4.63. The van der Waals surface area contributed by atoms with Crippen LogP contribution in [0.15, 0.2) is 72.8 Å². The predicted molar refractivity (Wildman–Crippen MR) is 101 cm³/mol. The quantitative estimate of drug-likeness (QED) is 0.487. The molecule has 0 N–H and O–H groups in total. The molecule has 0 unspecified atom stereocenters. The van der Waals surface area contributed by atoms with E-state index in [1.165, 1.54) is 18.2 Å². The van der Waals surface area contributed by atoms with Crippen molar-refractivity contribution in [3.05, 3.63) is 101 Å². The zero-order valence-electron chi connectivity index (χ0n) is 14.8. The van der Waals surface area contributed by atoms with Crippen LogP contribution in [-0.2, 0) is 6.61 Å². The summed E-state index contributed by atoms with van der Waals surface area (Å²) in [6.45, 7) is 0.0929. The Morgan fingerprint density at radius 3 is 2.43 bits per heavy atom. The summed E-state index contributed by atoms with van der Waals surface area (Å²) in [5, 5.41) is 20.3. The van der Waals surface area contributed by atoms with Crippen molar-refractivity contribution in [2.45, 2.75) is 6.61 Å². The first-order chi connectivity index (χ1) is 13.6. The fraction of sp³-hybridized carbons (Fsp3) is 0.0435. The minimum Gasteiger partial charge on any atom is -0.545 e. The number of allylic oxidation sites excluding steroid dienone is 1. The molecule has 3 aromatic rings. The molecule has 0 bridgehead atoms.